The standard InChI is InChI=1S/C27H46N2O4S/c1-20(32-5)13-9-6-7-12-16-26(21(2)28)27(22(3)29-31)18-17-24(33-23(4)30)19-34-25-14-10-8-11-15-25/h8,10-11,14-15,21-22,24,26-27,29,31H,1,6-7,9,12-13,16-19,28H2,2-5H3/t21-,22?,24?,26-,27-/m0/s1. The molecular formula is C27H46N2O4S. The zero-order valence-corrected chi connectivity index (χ0v) is 22.3. The van der Waals surface area contributed by atoms with Crippen molar-refractivity contribution in [3.63, 3.8) is 0 Å². The van der Waals surface area contributed by atoms with E-state index in [0.29, 0.717) is 5.75 Å². The number of hydrogen-bond acceptors (Lipinski definition) is 7. The van der Waals surface area contributed by atoms with Gasteiger partial charge in [-0.1, -0.05) is 44.0 Å². The van der Waals surface area contributed by atoms with Gasteiger partial charge in [0.15, 0.2) is 0 Å². The Kier molecular flexibility index (Phi) is 16.0. The lowest BCUT2D eigenvalue weighted by Crippen LogP contribution is -2.42. The highest BCUT2D eigenvalue weighted by Crippen LogP contribution is 2.31. The van der Waals surface area contributed by atoms with Crippen LogP contribution in [-0.4, -0.2) is 42.2 Å². The molecule has 0 radical (unpaired) electrons. The van der Waals surface area contributed by atoms with Crippen LogP contribution in [-0.2, 0) is 14.3 Å². The quantitative estimate of drug-likeness (QED) is 0.0720. The number of allylic oxidation sites excluding steroid dienone is 1. The lowest BCUT2D eigenvalue weighted by Gasteiger charge is -2.35. The maximum atomic E-state index is 11.7. The Balaban J connectivity index is 2.68. The summed E-state index contributed by atoms with van der Waals surface area (Å²) in [6.45, 7) is 9.39. The fourth-order valence-electron chi connectivity index (χ4n) is 4.45. The van der Waals surface area contributed by atoms with Gasteiger partial charge in [0, 0.05) is 36.1 Å². The minimum atomic E-state index is -0.261. The lowest BCUT2D eigenvalue weighted by molar-refractivity contribution is -0.145. The average molecular weight is 495 g/mol. The number of carbonyl (C=O) groups is 1. The minimum absolute atomic E-state index is 0.0138. The van der Waals surface area contributed by atoms with Crippen LogP contribution in [0, 0.1) is 11.8 Å². The molecule has 0 spiro atoms. The number of rotatable bonds is 19. The molecule has 0 bridgehead atoms. The summed E-state index contributed by atoms with van der Waals surface area (Å²) in [4.78, 5) is 12.9. The first kappa shape index (κ1) is 30.5. The molecule has 6 nitrogen and oxygen atoms in total. The summed E-state index contributed by atoms with van der Waals surface area (Å²) < 4.78 is 10.8. The van der Waals surface area contributed by atoms with Crippen LogP contribution in [0.1, 0.15) is 72.1 Å². The number of methoxy groups -OCH3 is 1. The van der Waals surface area contributed by atoms with E-state index in [1.165, 1.54) is 6.92 Å². The predicted molar refractivity (Wildman–Crippen MR) is 141 cm³/mol. The summed E-state index contributed by atoms with van der Waals surface area (Å²) in [5, 5.41) is 9.72. The molecule has 0 saturated heterocycles. The second kappa shape index (κ2) is 17.8. The fraction of sp³-hybridized carbons (Fsp3) is 0.667. The summed E-state index contributed by atoms with van der Waals surface area (Å²) in [6, 6.07) is 10.1. The SMILES string of the molecule is C=C(CCCCCC[C@@H]([C@H](C)N)[C@@H](CCC(CSc1ccccc1)OC(C)=O)C(C)NO)OC. The second-order valence-corrected chi connectivity index (χ2v) is 10.3. The van der Waals surface area contributed by atoms with E-state index in [2.05, 4.69) is 31.1 Å². The van der Waals surface area contributed by atoms with Gasteiger partial charge in [-0.05, 0) is 63.5 Å². The topological polar surface area (TPSA) is 93.8 Å². The van der Waals surface area contributed by atoms with Gasteiger partial charge in [-0.3, -0.25) is 4.79 Å². The second-order valence-electron chi connectivity index (χ2n) is 9.23. The maximum Gasteiger partial charge on any atom is 0.302 e. The van der Waals surface area contributed by atoms with E-state index >= 15 is 0 Å². The number of unbranched alkanes of at least 4 members (excludes halogenated alkanes) is 3. The van der Waals surface area contributed by atoms with Crippen molar-refractivity contribution in [2.45, 2.75) is 95.2 Å². The number of hydroxylamine groups is 1. The average Bonchev–Trinajstić information content (AvgIpc) is 2.82. The van der Waals surface area contributed by atoms with Gasteiger partial charge in [-0.25, -0.2) is 5.48 Å². The smallest absolute Gasteiger partial charge is 0.302 e. The molecule has 34 heavy (non-hydrogen) atoms. The Morgan fingerprint density at radius 3 is 2.35 bits per heavy atom. The van der Waals surface area contributed by atoms with Gasteiger partial charge in [0.1, 0.15) is 6.10 Å². The Bertz CT molecular complexity index is 686. The fourth-order valence-corrected chi connectivity index (χ4v) is 5.41. The molecule has 7 heteroatoms. The third-order valence-corrected chi connectivity index (χ3v) is 7.58. The summed E-state index contributed by atoms with van der Waals surface area (Å²) in [5.74, 6) is 1.72. The van der Waals surface area contributed by atoms with Crippen LogP contribution in [0.3, 0.4) is 0 Å². The molecule has 2 unspecified atom stereocenters. The van der Waals surface area contributed by atoms with Crippen LogP contribution in [0.2, 0.25) is 0 Å². The highest BCUT2D eigenvalue weighted by Gasteiger charge is 2.30. The molecule has 0 amide bonds. The molecule has 0 aromatic heterocycles. The number of carbonyl (C=O) groups excluding carboxylic acids is 1. The van der Waals surface area contributed by atoms with Crippen molar-refractivity contribution in [1.82, 2.24) is 5.48 Å². The number of hydrogen-bond donors (Lipinski definition) is 3. The number of nitrogens with two attached hydrogens (primary N) is 1. The molecule has 1 aromatic rings. The predicted octanol–water partition coefficient (Wildman–Crippen LogP) is 5.94. The number of esters is 1. The van der Waals surface area contributed by atoms with E-state index in [-0.39, 0.29) is 36.0 Å². The van der Waals surface area contributed by atoms with Crippen molar-refractivity contribution in [1.29, 1.82) is 0 Å². The Morgan fingerprint density at radius 1 is 1.09 bits per heavy atom. The van der Waals surface area contributed by atoms with E-state index in [1.807, 2.05) is 25.1 Å². The Hall–Kier alpha value is -1.54. The molecule has 0 fully saturated rings. The van der Waals surface area contributed by atoms with Crippen molar-refractivity contribution in [2.24, 2.45) is 17.6 Å². The summed E-state index contributed by atoms with van der Waals surface area (Å²) in [5.41, 5.74) is 8.88. The van der Waals surface area contributed by atoms with Gasteiger partial charge in [0.25, 0.3) is 0 Å². The normalized spacial score (nSPS) is 15.7. The lowest BCUT2D eigenvalue weighted by atomic mass is 9.76. The summed E-state index contributed by atoms with van der Waals surface area (Å²) >= 11 is 1.69. The van der Waals surface area contributed by atoms with E-state index in [9.17, 15) is 10.0 Å². The monoisotopic (exact) mass is 494 g/mol. The van der Waals surface area contributed by atoms with Crippen LogP contribution >= 0.6 is 11.8 Å². The van der Waals surface area contributed by atoms with Crippen LogP contribution < -0.4 is 11.2 Å². The molecule has 5 atom stereocenters. The minimum Gasteiger partial charge on any atom is -0.502 e. The number of benzene rings is 1. The van der Waals surface area contributed by atoms with Crippen molar-refractivity contribution in [3.05, 3.63) is 42.7 Å². The molecule has 0 aliphatic carbocycles. The molecule has 4 N–H and O–H groups in total. The molecular weight excluding hydrogens is 448 g/mol. The molecule has 0 aliphatic heterocycles. The van der Waals surface area contributed by atoms with Crippen molar-refractivity contribution in [2.75, 3.05) is 12.9 Å². The van der Waals surface area contributed by atoms with Crippen LogP contribution in [0.4, 0.5) is 0 Å². The molecule has 1 aromatic carbocycles. The Morgan fingerprint density at radius 2 is 1.76 bits per heavy atom. The first-order valence-corrected chi connectivity index (χ1v) is 13.5. The number of nitrogens with one attached hydrogen (secondary N) is 1. The van der Waals surface area contributed by atoms with Gasteiger partial charge in [-0.15, -0.1) is 11.8 Å². The van der Waals surface area contributed by atoms with Crippen molar-refractivity contribution in [3.8, 4) is 0 Å². The molecule has 1 rings (SSSR count). The van der Waals surface area contributed by atoms with Crippen LogP contribution in [0.5, 0.6) is 0 Å². The maximum absolute atomic E-state index is 11.7. The van der Waals surface area contributed by atoms with Gasteiger partial charge >= 0.3 is 5.97 Å². The molecule has 0 aliphatic rings. The first-order chi connectivity index (χ1) is 16.3. The van der Waals surface area contributed by atoms with Gasteiger partial charge in [0.05, 0.1) is 12.9 Å². The van der Waals surface area contributed by atoms with Gasteiger partial charge in [-0.2, -0.15) is 0 Å². The zero-order valence-electron chi connectivity index (χ0n) is 21.5. The molecule has 194 valence electrons. The summed E-state index contributed by atoms with van der Waals surface area (Å²) in [6.07, 6.45) is 7.74. The first-order valence-electron chi connectivity index (χ1n) is 12.5. The Labute approximate surface area is 211 Å². The van der Waals surface area contributed by atoms with E-state index < -0.39 is 0 Å². The van der Waals surface area contributed by atoms with Crippen LogP contribution in [0.15, 0.2) is 47.6 Å². The third kappa shape index (κ3) is 12.8. The van der Waals surface area contributed by atoms with E-state index in [1.54, 1.807) is 18.9 Å². The van der Waals surface area contributed by atoms with Gasteiger partial charge in [0.2, 0.25) is 0 Å². The third-order valence-electron chi connectivity index (χ3n) is 6.44. The highest BCUT2D eigenvalue weighted by atomic mass is 32.2. The summed E-state index contributed by atoms with van der Waals surface area (Å²) in [7, 11) is 1.67. The molecule has 0 heterocycles. The van der Waals surface area contributed by atoms with Gasteiger partial charge < -0.3 is 20.4 Å². The van der Waals surface area contributed by atoms with E-state index in [4.69, 9.17) is 15.2 Å². The largest absolute Gasteiger partial charge is 0.502 e. The number of ether oxygens (including phenoxy) is 2. The zero-order chi connectivity index (χ0) is 25.3. The van der Waals surface area contributed by atoms with E-state index in [0.717, 1.165) is 62.0 Å². The van der Waals surface area contributed by atoms with Crippen molar-refractivity contribution < 1.29 is 19.5 Å². The number of thioether (sulfide) groups is 1. The van der Waals surface area contributed by atoms with Crippen molar-refractivity contribution >= 4 is 17.7 Å². The highest BCUT2D eigenvalue weighted by molar-refractivity contribution is 7.99. The molecule has 0 saturated carbocycles. The van der Waals surface area contributed by atoms with Crippen LogP contribution in [0.25, 0.3) is 0 Å².